The molecule has 0 aliphatic carbocycles. The Morgan fingerprint density at radius 2 is 2.41 bits per heavy atom. The van der Waals surface area contributed by atoms with Crippen molar-refractivity contribution in [3.8, 4) is 11.4 Å². The van der Waals surface area contributed by atoms with Gasteiger partial charge >= 0.3 is 0 Å². The number of fused-ring (bicyclic) bond motifs is 1. The lowest BCUT2D eigenvalue weighted by Gasteiger charge is -2.14. The molecule has 6 nitrogen and oxygen atoms in total. The van der Waals surface area contributed by atoms with Crippen molar-refractivity contribution < 1.29 is 4.74 Å². The number of nitrogens with zero attached hydrogens (tertiary/aromatic N) is 3. The van der Waals surface area contributed by atoms with Crippen molar-refractivity contribution in [1.29, 1.82) is 0 Å². The highest BCUT2D eigenvalue weighted by Crippen LogP contribution is 2.16. The smallest absolute Gasteiger partial charge is 0.256 e. The zero-order chi connectivity index (χ0) is 11.8. The number of hydrogen-bond acceptors (Lipinski definition) is 4. The fourth-order valence-electron chi connectivity index (χ4n) is 1.92. The van der Waals surface area contributed by atoms with Crippen molar-refractivity contribution in [2.45, 2.75) is 13.0 Å². The topological polar surface area (TPSA) is 72.8 Å². The van der Waals surface area contributed by atoms with Crippen molar-refractivity contribution in [1.82, 2.24) is 19.7 Å². The molecule has 6 heteroatoms. The third kappa shape index (κ3) is 1.76. The van der Waals surface area contributed by atoms with E-state index in [0.29, 0.717) is 31.0 Å². The molecule has 1 aliphatic rings. The van der Waals surface area contributed by atoms with Crippen LogP contribution in [0.1, 0.15) is 11.3 Å². The summed E-state index contributed by atoms with van der Waals surface area (Å²) in [6, 6.07) is 0. The molecule has 3 heterocycles. The van der Waals surface area contributed by atoms with E-state index in [0.717, 1.165) is 11.3 Å². The van der Waals surface area contributed by atoms with E-state index in [1.807, 2.05) is 13.2 Å². The fourth-order valence-corrected chi connectivity index (χ4v) is 1.92. The van der Waals surface area contributed by atoms with E-state index in [4.69, 9.17) is 4.74 Å². The Bertz CT molecular complexity index is 614. The van der Waals surface area contributed by atoms with Crippen LogP contribution in [0.5, 0.6) is 0 Å². The lowest BCUT2D eigenvalue weighted by molar-refractivity contribution is 0.108. The number of aromatic nitrogens is 4. The van der Waals surface area contributed by atoms with Crippen molar-refractivity contribution in [3.05, 3.63) is 34.0 Å². The number of ether oxygens (including phenoxy) is 1. The zero-order valence-electron chi connectivity index (χ0n) is 9.43. The average Bonchev–Trinajstić information content (AvgIpc) is 2.76. The first-order chi connectivity index (χ1) is 8.24. The van der Waals surface area contributed by atoms with Crippen LogP contribution >= 0.6 is 0 Å². The highest BCUT2D eigenvalue weighted by Gasteiger charge is 2.16. The van der Waals surface area contributed by atoms with Crippen molar-refractivity contribution in [2.24, 2.45) is 7.05 Å². The maximum Gasteiger partial charge on any atom is 0.256 e. The van der Waals surface area contributed by atoms with Gasteiger partial charge in [-0.05, 0) is 0 Å². The van der Waals surface area contributed by atoms with Gasteiger partial charge in [-0.15, -0.1) is 0 Å². The molecule has 0 saturated carbocycles. The van der Waals surface area contributed by atoms with Crippen LogP contribution in [0.25, 0.3) is 11.4 Å². The number of rotatable bonds is 1. The van der Waals surface area contributed by atoms with Gasteiger partial charge < -0.3 is 9.72 Å². The van der Waals surface area contributed by atoms with Crippen molar-refractivity contribution >= 4 is 0 Å². The highest BCUT2D eigenvalue weighted by molar-refractivity contribution is 5.52. The van der Waals surface area contributed by atoms with Crippen LogP contribution in [0.3, 0.4) is 0 Å². The minimum Gasteiger partial charge on any atom is -0.376 e. The number of H-pyrrole nitrogens is 1. The molecule has 0 bridgehead atoms. The molecule has 0 atom stereocenters. The summed E-state index contributed by atoms with van der Waals surface area (Å²) < 4.78 is 6.93. The Morgan fingerprint density at radius 3 is 3.18 bits per heavy atom. The number of nitrogens with one attached hydrogen (secondary N) is 1. The average molecular weight is 232 g/mol. The number of aromatic amines is 1. The van der Waals surface area contributed by atoms with Crippen LogP contribution in [-0.2, 0) is 24.8 Å². The molecule has 1 N–H and O–H groups in total. The van der Waals surface area contributed by atoms with Gasteiger partial charge in [0.05, 0.1) is 36.2 Å². The largest absolute Gasteiger partial charge is 0.376 e. The second kappa shape index (κ2) is 3.81. The minimum absolute atomic E-state index is 0.117. The molecule has 17 heavy (non-hydrogen) atoms. The normalized spacial score (nSPS) is 14.6. The summed E-state index contributed by atoms with van der Waals surface area (Å²) in [7, 11) is 1.83. The van der Waals surface area contributed by atoms with Gasteiger partial charge in [0.25, 0.3) is 5.56 Å². The third-order valence-corrected chi connectivity index (χ3v) is 2.81. The Kier molecular flexibility index (Phi) is 2.29. The maximum atomic E-state index is 11.9. The van der Waals surface area contributed by atoms with E-state index >= 15 is 0 Å². The van der Waals surface area contributed by atoms with Crippen LogP contribution in [0.4, 0.5) is 0 Å². The summed E-state index contributed by atoms with van der Waals surface area (Å²) in [5, 5.41) is 4.06. The van der Waals surface area contributed by atoms with Crippen LogP contribution < -0.4 is 5.56 Å². The molecule has 0 spiro atoms. The van der Waals surface area contributed by atoms with Crippen LogP contribution in [-0.4, -0.2) is 26.4 Å². The van der Waals surface area contributed by atoms with Gasteiger partial charge in [0, 0.05) is 19.7 Å². The summed E-state index contributed by atoms with van der Waals surface area (Å²) in [6.07, 6.45) is 4.19. The van der Waals surface area contributed by atoms with Gasteiger partial charge in [-0.3, -0.25) is 9.48 Å². The van der Waals surface area contributed by atoms with Crippen molar-refractivity contribution in [2.75, 3.05) is 6.61 Å². The SMILES string of the molecule is Cn1cc(-c2nc3c(c(=O)[nH]2)COCC3)cn1. The van der Waals surface area contributed by atoms with Crippen LogP contribution in [0.15, 0.2) is 17.2 Å². The maximum absolute atomic E-state index is 11.9. The van der Waals surface area contributed by atoms with E-state index < -0.39 is 0 Å². The standard InChI is InChI=1S/C11H12N4O2/c1-15-5-7(4-12-15)10-13-9-2-3-17-6-8(9)11(16)14-10/h4-5H,2-3,6H2,1H3,(H,13,14,16). The molecule has 2 aromatic rings. The van der Waals surface area contributed by atoms with Crippen LogP contribution in [0, 0.1) is 0 Å². The van der Waals surface area contributed by atoms with Gasteiger partial charge in [-0.1, -0.05) is 0 Å². The van der Waals surface area contributed by atoms with E-state index in [1.165, 1.54) is 0 Å². The predicted molar refractivity (Wildman–Crippen MR) is 60.4 cm³/mol. The first kappa shape index (κ1) is 10.2. The number of hydrogen-bond donors (Lipinski definition) is 1. The first-order valence-electron chi connectivity index (χ1n) is 5.43. The predicted octanol–water partition coefficient (Wildman–Crippen LogP) is 0.243. The van der Waals surface area contributed by atoms with Gasteiger partial charge in [0.1, 0.15) is 5.82 Å². The van der Waals surface area contributed by atoms with Crippen LogP contribution in [0.2, 0.25) is 0 Å². The second-order valence-corrected chi connectivity index (χ2v) is 4.05. The van der Waals surface area contributed by atoms with Crippen molar-refractivity contribution in [3.63, 3.8) is 0 Å². The quantitative estimate of drug-likeness (QED) is 0.764. The highest BCUT2D eigenvalue weighted by atomic mass is 16.5. The number of aryl methyl sites for hydroxylation is 1. The van der Waals surface area contributed by atoms with Gasteiger partial charge in [-0.25, -0.2) is 4.98 Å². The Hall–Kier alpha value is -1.95. The van der Waals surface area contributed by atoms with E-state index in [9.17, 15) is 4.79 Å². The second-order valence-electron chi connectivity index (χ2n) is 4.05. The van der Waals surface area contributed by atoms with E-state index in [-0.39, 0.29) is 5.56 Å². The first-order valence-corrected chi connectivity index (χ1v) is 5.43. The zero-order valence-corrected chi connectivity index (χ0v) is 9.43. The lowest BCUT2D eigenvalue weighted by Crippen LogP contribution is -2.24. The summed E-state index contributed by atoms with van der Waals surface area (Å²) in [5.41, 5.74) is 2.18. The lowest BCUT2D eigenvalue weighted by atomic mass is 10.1. The monoisotopic (exact) mass is 232 g/mol. The summed E-state index contributed by atoms with van der Waals surface area (Å²) in [5.74, 6) is 0.573. The van der Waals surface area contributed by atoms with E-state index in [2.05, 4.69) is 15.1 Å². The molecule has 0 radical (unpaired) electrons. The molecule has 0 amide bonds. The molecule has 0 aromatic carbocycles. The van der Waals surface area contributed by atoms with Gasteiger partial charge in [-0.2, -0.15) is 5.10 Å². The summed E-state index contributed by atoms with van der Waals surface area (Å²) in [6.45, 7) is 0.973. The molecule has 88 valence electrons. The van der Waals surface area contributed by atoms with E-state index in [1.54, 1.807) is 10.9 Å². The summed E-state index contributed by atoms with van der Waals surface area (Å²) >= 11 is 0. The summed E-state index contributed by atoms with van der Waals surface area (Å²) in [4.78, 5) is 19.1. The molecule has 0 fully saturated rings. The molecule has 3 rings (SSSR count). The molecule has 0 unspecified atom stereocenters. The Balaban J connectivity index is 2.13. The third-order valence-electron chi connectivity index (χ3n) is 2.81. The molecule has 0 saturated heterocycles. The van der Waals surface area contributed by atoms with Gasteiger partial charge in [0.15, 0.2) is 0 Å². The molecular formula is C11H12N4O2. The molecular weight excluding hydrogens is 220 g/mol. The minimum atomic E-state index is -0.117. The molecule has 2 aromatic heterocycles. The van der Waals surface area contributed by atoms with Gasteiger partial charge in [0.2, 0.25) is 0 Å². The Morgan fingerprint density at radius 1 is 1.53 bits per heavy atom. The fraction of sp³-hybridized carbons (Fsp3) is 0.364. The Labute approximate surface area is 97.3 Å². The molecule has 1 aliphatic heterocycles.